The van der Waals surface area contributed by atoms with Crippen LogP contribution < -0.4 is 20.3 Å². The van der Waals surface area contributed by atoms with Crippen molar-refractivity contribution in [1.29, 1.82) is 0 Å². The molecular weight excluding hydrogens is 966 g/mol. The lowest BCUT2D eigenvalue weighted by atomic mass is 9.92. The number of phenols is 1. The molecule has 1 aliphatic heterocycles. The first kappa shape index (κ1) is 53.9. The molecule has 1 aliphatic rings. The minimum atomic E-state index is -1.19. The Bertz CT molecular complexity index is 3290. The van der Waals surface area contributed by atoms with E-state index in [1.807, 2.05) is 84.9 Å². The number of fused-ring (bicyclic) bond motifs is 1. The summed E-state index contributed by atoms with van der Waals surface area (Å²) in [6.07, 6.45) is 0.378. The van der Waals surface area contributed by atoms with Gasteiger partial charge >= 0.3 is 29.9 Å². The zero-order valence-electron chi connectivity index (χ0n) is 39.4. The molecule has 1 unspecified atom stereocenters. The van der Waals surface area contributed by atoms with Gasteiger partial charge in [0.05, 0.1) is 40.3 Å². The highest BCUT2D eigenvalue weighted by molar-refractivity contribution is 6.34. The summed E-state index contributed by atoms with van der Waals surface area (Å²) in [5.74, 6) is -4.82. The number of anilines is 3. The van der Waals surface area contributed by atoms with E-state index in [0.717, 1.165) is 28.2 Å². The normalized spacial score (nSPS) is 11.3. The Morgan fingerprint density at radius 3 is 1.68 bits per heavy atom. The number of aromatic carboxylic acids is 2. The Balaban J connectivity index is 0.000000163. The van der Waals surface area contributed by atoms with E-state index in [2.05, 4.69) is 10.6 Å². The number of carboxylic acid groups (broad SMARTS) is 4. The summed E-state index contributed by atoms with van der Waals surface area (Å²) in [7, 11) is 0. The van der Waals surface area contributed by atoms with Gasteiger partial charge in [0.1, 0.15) is 23.1 Å². The molecule has 1 atom stereocenters. The molecule has 0 aromatic heterocycles. The predicted octanol–water partition coefficient (Wildman–Crippen LogP) is 11.3. The lowest BCUT2D eigenvalue weighted by Gasteiger charge is -2.13. The maximum Gasteiger partial charge on any atom is 0.335 e. The number of carboxylic acids is 4. The highest BCUT2D eigenvalue weighted by atomic mass is 19.1. The number of benzene rings is 8. The second-order valence-corrected chi connectivity index (χ2v) is 16.1. The Hall–Kier alpha value is -10.4. The van der Waals surface area contributed by atoms with Gasteiger partial charge in [-0.15, -0.1) is 0 Å². The second-order valence-electron chi connectivity index (χ2n) is 16.1. The average Bonchev–Trinajstić information content (AvgIpc) is 3.66. The van der Waals surface area contributed by atoms with Crippen molar-refractivity contribution < 1.29 is 68.2 Å². The van der Waals surface area contributed by atoms with Gasteiger partial charge in [-0.1, -0.05) is 103 Å². The van der Waals surface area contributed by atoms with E-state index < -0.39 is 47.4 Å². The van der Waals surface area contributed by atoms with Gasteiger partial charge in [-0.05, 0) is 121 Å². The molecule has 9 rings (SSSR count). The summed E-state index contributed by atoms with van der Waals surface area (Å²) in [5, 5.41) is 50.3. The third-order valence-electron chi connectivity index (χ3n) is 10.8. The number of amides is 4. The molecule has 16 nitrogen and oxygen atoms in total. The number of ether oxygens (including phenoxy) is 1. The predicted molar refractivity (Wildman–Crippen MR) is 276 cm³/mol. The number of carbonyl (C=O) groups excluding carboxylic acids is 3. The highest BCUT2D eigenvalue weighted by Crippen LogP contribution is 2.30. The molecule has 0 fully saturated rings. The average molecular weight is 1010 g/mol. The van der Waals surface area contributed by atoms with Gasteiger partial charge in [0.15, 0.2) is 0 Å². The van der Waals surface area contributed by atoms with E-state index in [-0.39, 0.29) is 46.1 Å². The monoisotopic (exact) mass is 1010 g/mol. The number of carbonyl (C=O) groups is 7. The van der Waals surface area contributed by atoms with Crippen LogP contribution in [0.25, 0.3) is 0 Å². The Kier molecular flexibility index (Phi) is 18.8. The van der Waals surface area contributed by atoms with Crippen LogP contribution in [-0.4, -0.2) is 67.3 Å². The minimum Gasteiger partial charge on any atom is -0.508 e. The van der Waals surface area contributed by atoms with Crippen LogP contribution in [0, 0.1) is 5.82 Å². The van der Waals surface area contributed by atoms with Gasteiger partial charge in [0, 0.05) is 16.9 Å². The van der Waals surface area contributed by atoms with Crippen LogP contribution >= 0.6 is 0 Å². The van der Waals surface area contributed by atoms with Gasteiger partial charge in [-0.25, -0.2) is 23.7 Å². The smallest absolute Gasteiger partial charge is 0.335 e. The van der Waals surface area contributed by atoms with Crippen LogP contribution in [-0.2, 0) is 22.4 Å². The number of aliphatic carboxylic acids is 2. The Morgan fingerprint density at radius 1 is 0.547 bits per heavy atom. The number of para-hydroxylation sites is 3. The van der Waals surface area contributed by atoms with Crippen LogP contribution in [0.4, 0.5) is 26.2 Å². The van der Waals surface area contributed by atoms with Crippen LogP contribution in [0.2, 0.25) is 0 Å². The van der Waals surface area contributed by atoms with Crippen LogP contribution in [0.3, 0.4) is 0 Å². The van der Waals surface area contributed by atoms with Crippen LogP contribution in [0.15, 0.2) is 206 Å². The standard InChI is InChI=1S/C15H8FNO4.C15H14O3.C14H12N2O3.C14H12O3/c16-9-2-1-3-10(7-9)17-13(18)11-5-4-8(15(20)21)6-12(11)14(17)19;16-13-8-6-11(7-9-13)10-14(15(17)18)12-4-2-1-3-5-12;17-13(18)10-6-8-12(9-7-10)16-14(19)15-11-4-2-1-3-5-11;15-14(16)10-11-6-4-5-9-13(11)17-12-7-2-1-3-8-12/h1-7H,(H,20,21);1-9,14,16H,10H2,(H,17,18);1-9H,(H,17,18)(H2,15,16,19);1-9H,10H2,(H,15,16). The molecule has 4 amide bonds. The van der Waals surface area contributed by atoms with Crippen molar-refractivity contribution in [1.82, 2.24) is 0 Å². The van der Waals surface area contributed by atoms with E-state index >= 15 is 0 Å². The molecule has 378 valence electrons. The molecule has 0 spiro atoms. The van der Waals surface area contributed by atoms with Gasteiger partial charge in [0.25, 0.3) is 11.8 Å². The molecule has 8 aromatic rings. The summed E-state index contributed by atoms with van der Waals surface area (Å²) in [6.45, 7) is 0. The van der Waals surface area contributed by atoms with Gasteiger partial charge in [-0.2, -0.15) is 0 Å². The minimum absolute atomic E-state index is 0.00385. The van der Waals surface area contributed by atoms with Gasteiger partial charge in [0.2, 0.25) is 0 Å². The number of halogens is 1. The molecule has 0 aliphatic carbocycles. The van der Waals surface area contributed by atoms with Crippen LogP contribution in [0.1, 0.15) is 64.0 Å². The Morgan fingerprint density at radius 2 is 1.09 bits per heavy atom. The third-order valence-corrected chi connectivity index (χ3v) is 10.8. The molecule has 0 saturated heterocycles. The van der Waals surface area contributed by atoms with Crippen molar-refractivity contribution >= 4 is 58.8 Å². The van der Waals surface area contributed by atoms with E-state index in [1.165, 1.54) is 54.6 Å². The number of nitrogens with zero attached hydrogens (tertiary/aromatic N) is 1. The zero-order chi connectivity index (χ0) is 53.9. The molecule has 8 aromatic carbocycles. The van der Waals surface area contributed by atoms with Crippen molar-refractivity contribution in [2.75, 3.05) is 15.5 Å². The molecule has 7 N–H and O–H groups in total. The maximum absolute atomic E-state index is 13.2. The third kappa shape index (κ3) is 15.8. The van der Waals surface area contributed by atoms with Crippen LogP contribution in [0.5, 0.6) is 17.2 Å². The number of urea groups is 1. The van der Waals surface area contributed by atoms with Crippen molar-refractivity contribution in [3.63, 3.8) is 0 Å². The molecule has 17 heteroatoms. The van der Waals surface area contributed by atoms with Crippen molar-refractivity contribution in [3.05, 3.63) is 251 Å². The molecule has 0 bridgehead atoms. The van der Waals surface area contributed by atoms with Crippen molar-refractivity contribution in [2.24, 2.45) is 0 Å². The number of aromatic hydroxyl groups is 1. The number of imide groups is 1. The second kappa shape index (κ2) is 26.1. The first-order valence-corrected chi connectivity index (χ1v) is 22.6. The van der Waals surface area contributed by atoms with Crippen molar-refractivity contribution in [3.8, 4) is 17.2 Å². The number of hydrogen-bond donors (Lipinski definition) is 7. The molecule has 75 heavy (non-hydrogen) atoms. The van der Waals surface area contributed by atoms with Gasteiger partial charge < -0.3 is 40.9 Å². The lowest BCUT2D eigenvalue weighted by molar-refractivity contribution is -0.139. The zero-order valence-corrected chi connectivity index (χ0v) is 39.4. The Labute approximate surface area is 428 Å². The first-order chi connectivity index (χ1) is 36.1. The topological polar surface area (TPSA) is 257 Å². The highest BCUT2D eigenvalue weighted by Gasteiger charge is 2.37. The largest absolute Gasteiger partial charge is 0.508 e. The summed E-state index contributed by atoms with van der Waals surface area (Å²) < 4.78 is 18.9. The summed E-state index contributed by atoms with van der Waals surface area (Å²) >= 11 is 0. The molecule has 0 radical (unpaired) electrons. The maximum atomic E-state index is 13.2. The van der Waals surface area contributed by atoms with E-state index in [1.54, 1.807) is 54.6 Å². The molecule has 1 heterocycles. The van der Waals surface area contributed by atoms with Gasteiger partial charge in [-0.3, -0.25) is 19.2 Å². The first-order valence-electron chi connectivity index (χ1n) is 22.6. The number of nitrogens with one attached hydrogen (secondary N) is 2. The quantitative estimate of drug-likeness (QED) is 0.0531. The van der Waals surface area contributed by atoms with E-state index in [0.29, 0.717) is 34.9 Å². The fourth-order valence-electron chi connectivity index (χ4n) is 7.16. The SMILES string of the molecule is O=C(Nc1ccccc1)Nc1ccc(C(=O)O)cc1.O=C(O)C(Cc1ccc(O)cc1)c1ccccc1.O=C(O)Cc1ccccc1Oc1ccccc1.O=C(O)c1ccc2c(c1)C(=O)N(c1cccc(F)c1)C2=O. The summed E-state index contributed by atoms with van der Waals surface area (Å²) in [5.41, 5.74) is 3.87. The number of phenolic OH excluding ortho intramolecular Hbond substituents is 1. The molecular formula is C58H46FN3O13. The summed E-state index contributed by atoms with van der Waals surface area (Å²) in [4.78, 5) is 80.7. The lowest BCUT2D eigenvalue weighted by Crippen LogP contribution is -2.29. The molecule has 0 saturated carbocycles. The number of hydrogen-bond acceptors (Lipinski definition) is 9. The summed E-state index contributed by atoms with van der Waals surface area (Å²) in [6, 6.07) is 55.6. The van der Waals surface area contributed by atoms with E-state index in [4.69, 9.17) is 20.1 Å². The van der Waals surface area contributed by atoms with E-state index in [9.17, 15) is 48.2 Å². The number of rotatable bonds is 13. The van der Waals surface area contributed by atoms with Crippen molar-refractivity contribution in [2.45, 2.75) is 18.8 Å². The fourth-order valence-corrected chi connectivity index (χ4v) is 7.16. The fraction of sp³-hybridized carbons (Fsp3) is 0.0517.